The molecule has 1 aliphatic rings. The Morgan fingerprint density at radius 3 is 2.76 bits per heavy atom. The van der Waals surface area contributed by atoms with Crippen LogP contribution in [0.25, 0.3) is 6.08 Å². The highest BCUT2D eigenvalue weighted by atomic mass is 16.3. The predicted octanol–water partition coefficient (Wildman–Crippen LogP) is 1.73. The van der Waals surface area contributed by atoms with Gasteiger partial charge in [-0.3, -0.25) is 9.69 Å². The van der Waals surface area contributed by atoms with Gasteiger partial charge in [0.25, 0.3) is 5.91 Å². The number of amides is 1. The maximum Gasteiger partial charge on any atom is 0.277 e. The van der Waals surface area contributed by atoms with Crippen LogP contribution in [-0.4, -0.2) is 49.0 Å². The molecule has 21 heavy (non-hydrogen) atoms. The molecule has 1 N–H and O–H groups in total. The molecule has 1 atom stereocenters. The summed E-state index contributed by atoms with van der Waals surface area (Å²) in [6.45, 7) is 1.68. The molecule has 2 rings (SSSR count). The standard InChI is InChI=1S/C16H21N3O2/c1-11(20)8-15-17-14(16(21)19(15)4)10-12-6-5-7-13(9-12)18(2)3/h5-7,9-11,20H,8H2,1-4H3/b14-10-/t11-/m1/s1. The third-order valence-corrected chi connectivity index (χ3v) is 3.33. The number of carbonyl (C=O) groups is 1. The van der Waals surface area contributed by atoms with Crippen molar-refractivity contribution >= 4 is 23.5 Å². The van der Waals surface area contributed by atoms with Gasteiger partial charge in [-0.1, -0.05) is 12.1 Å². The summed E-state index contributed by atoms with van der Waals surface area (Å²) in [5, 5.41) is 9.45. The zero-order valence-electron chi connectivity index (χ0n) is 12.9. The van der Waals surface area contributed by atoms with Crippen molar-refractivity contribution in [2.75, 3.05) is 26.0 Å². The number of rotatable bonds is 4. The van der Waals surface area contributed by atoms with Crippen molar-refractivity contribution in [3.63, 3.8) is 0 Å². The molecule has 0 spiro atoms. The molecule has 0 fully saturated rings. The third-order valence-electron chi connectivity index (χ3n) is 3.33. The first-order valence-corrected chi connectivity index (χ1v) is 6.91. The first-order valence-electron chi connectivity index (χ1n) is 6.91. The molecule has 0 saturated heterocycles. The van der Waals surface area contributed by atoms with Crippen molar-refractivity contribution in [2.24, 2.45) is 4.99 Å². The van der Waals surface area contributed by atoms with E-state index in [0.717, 1.165) is 11.3 Å². The first kappa shape index (κ1) is 15.3. The highest BCUT2D eigenvalue weighted by Gasteiger charge is 2.27. The van der Waals surface area contributed by atoms with Crippen molar-refractivity contribution < 1.29 is 9.90 Å². The highest BCUT2D eigenvalue weighted by Crippen LogP contribution is 2.21. The van der Waals surface area contributed by atoms with Crippen LogP contribution < -0.4 is 4.90 Å². The summed E-state index contributed by atoms with van der Waals surface area (Å²) in [6, 6.07) is 7.90. The molecular weight excluding hydrogens is 266 g/mol. The number of aliphatic hydroxyl groups excluding tert-OH is 1. The molecule has 1 aliphatic heterocycles. The molecule has 5 heteroatoms. The lowest BCUT2D eigenvalue weighted by molar-refractivity contribution is -0.121. The van der Waals surface area contributed by atoms with Gasteiger partial charge in [0.15, 0.2) is 0 Å². The molecule has 0 aliphatic carbocycles. The number of carbonyl (C=O) groups excluding carboxylic acids is 1. The minimum Gasteiger partial charge on any atom is -0.393 e. The van der Waals surface area contributed by atoms with Crippen LogP contribution in [0.4, 0.5) is 5.69 Å². The Morgan fingerprint density at radius 2 is 2.14 bits per heavy atom. The molecule has 112 valence electrons. The van der Waals surface area contributed by atoms with E-state index in [2.05, 4.69) is 4.99 Å². The number of nitrogens with zero attached hydrogens (tertiary/aromatic N) is 3. The second kappa shape index (κ2) is 6.10. The number of anilines is 1. The van der Waals surface area contributed by atoms with E-state index in [1.165, 1.54) is 4.90 Å². The molecule has 0 radical (unpaired) electrons. The van der Waals surface area contributed by atoms with E-state index in [-0.39, 0.29) is 5.91 Å². The fourth-order valence-corrected chi connectivity index (χ4v) is 2.14. The number of hydrogen-bond donors (Lipinski definition) is 1. The van der Waals surface area contributed by atoms with Crippen LogP contribution in [0.2, 0.25) is 0 Å². The predicted molar refractivity (Wildman–Crippen MR) is 85.2 cm³/mol. The lowest BCUT2D eigenvalue weighted by Crippen LogP contribution is -2.29. The lowest BCUT2D eigenvalue weighted by Gasteiger charge is -2.13. The minimum absolute atomic E-state index is 0.138. The van der Waals surface area contributed by atoms with E-state index in [1.807, 2.05) is 43.3 Å². The monoisotopic (exact) mass is 287 g/mol. The van der Waals surface area contributed by atoms with E-state index in [9.17, 15) is 9.90 Å². The van der Waals surface area contributed by atoms with Crippen LogP contribution in [0.3, 0.4) is 0 Å². The SMILES string of the molecule is C[C@@H](O)CC1=N/C(=C\c2cccc(N(C)C)c2)C(=O)N1C. The summed E-state index contributed by atoms with van der Waals surface area (Å²) >= 11 is 0. The zero-order chi connectivity index (χ0) is 15.6. The van der Waals surface area contributed by atoms with E-state index in [4.69, 9.17) is 0 Å². The van der Waals surface area contributed by atoms with Gasteiger partial charge in [-0.05, 0) is 30.7 Å². The van der Waals surface area contributed by atoms with Crippen molar-refractivity contribution in [1.29, 1.82) is 0 Å². The van der Waals surface area contributed by atoms with Gasteiger partial charge in [-0.15, -0.1) is 0 Å². The average Bonchev–Trinajstić information content (AvgIpc) is 2.67. The average molecular weight is 287 g/mol. The van der Waals surface area contributed by atoms with Crippen molar-refractivity contribution in [2.45, 2.75) is 19.4 Å². The van der Waals surface area contributed by atoms with Crippen LogP contribution in [0.1, 0.15) is 18.9 Å². The third kappa shape index (κ3) is 3.49. The normalized spacial score (nSPS) is 18.1. The summed E-state index contributed by atoms with van der Waals surface area (Å²) in [7, 11) is 5.62. The quantitative estimate of drug-likeness (QED) is 0.858. The van der Waals surface area contributed by atoms with Gasteiger partial charge in [0, 0.05) is 33.3 Å². The minimum atomic E-state index is -0.518. The number of hydrogen-bond acceptors (Lipinski definition) is 4. The molecule has 0 aromatic heterocycles. The molecule has 0 unspecified atom stereocenters. The van der Waals surface area contributed by atoms with E-state index in [0.29, 0.717) is 18.0 Å². The molecule has 1 amide bonds. The van der Waals surface area contributed by atoms with E-state index >= 15 is 0 Å². The molecule has 1 aromatic carbocycles. The van der Waals surface area contributed by atoms with Gasteiger partial charge in [0.05, 0.1) is 6.10 Å². The largest absolute Gasteiger partial charge is 0.393 e. The number of aliphatic hydroxyl groups is 1. The van der Waals surface area contributed by atoms with Crippen LogP contribution in [0.5, 0.6) is 0 Å². The van der Waals surface area contributed by atoms with Gasteiger partial charge in [0.1, 0.15) is 11.5 Å². The Kier molecular flexibility index (Phi) is 4.43. The topological polar surface area (TPSA) is 56.1 Å². The van der Waals surface area contributed by atoms with Gasteiger partial charge < -0.3 is 10.0 Å². The van der Waals surface area contributed by atoms with Crippen molar-refractivity contribution in [3.8, 4) is 0 Å². The van der Waals surface area contributed by atoms with Gasteiger partial charge >= 0.3 is 0 Å². The summed E-state index contributed by atoms with van der Waals surface area (Å²) in [6.07, 6.45) is 1.63. The number of benzene rings is 1. The van der Waals surface area contributed by atoms with Gasteiger partial charge in [-0.2, -0.15) is 0 Å². The Hall–Kier alpha value is -2.14. The zero-order valence-corrected chi connectivity index (χ0v) is 12.9. The molecule has 0 saturated carbocycles. The summed E-state index contributed by atoms with van der Waals surface area (Å²) in [5.74, 6) is 0.464. The van der Waals surface area contributed by atoms with Crippen LogP contribution in [-0.2, 0) is 4.79 Å². The number of amidine groups is 1. The second-order valence-electron chi connectivity index (χ2n) is 5.46. The lowest BCUT2D eigenvalue weighted by atomic mass is 10.1. The summed E-state index contributed by atoms with van der Waals surface area (Å²) in [5.41, 5.74) is 2.40. The van der Waals surface area contributed by atoms with Crippen LogP contribution in [0.15, 0.2) is 35.0 Å². The Morgan fingerprint density at radius 1 is 1.43 bits per heavy atom. The fourth-order valence-electron chi connectivity index (χ4n) is 2.14. The Balaban J connectivity index is 2.30. The van der Waals surface area contributed by atoms with Crippen LogP contribution in [0, 0.1) is 0 Å². The molecule has 1 heterocycles. The van der Waals surface area contributed by atoms with E-state index in [1.54, 1.807) is 20.0 Å². The summed E-state index contributed by atoms with van der Waals surface area (Å²) in [4.78, 5) is 20.0. The first-order chi connectivity index (χ1) is 9.88. The fraction of sp³-hybridized carbons (Fsp3) is 0.375. The summed E-state index contributed by atoms with van der Waals surface area (Å²) < 4.78 is 0. The smallest absolute Gasteiger partial charge is 0.277 e. The Bertz CT molecular complexity index is 603. The molecule has 5 nitrogen and oxygen atoms in total. The van der Waals surface area contributed by atoms with E-state index < -0.39 is 6.10 Å². The van der Waals surface area contributed by atoms with Gasteiger partial charge in [-0.25, -0.2) is 4.99 Å². The number of likely N-dealkylation sites (N-methyl/N-ethyl adjacent to an activating group) is 1. The van der Waals surface area contributed by atoms with Crippen molar-refractivity contribution in [1.82, 2.24) is 4.90 Å². The van der Waals surface area contributed by atoms with Crippen LogP contribution >= 0.6 is 0 Å². The van der Waals surface area contributed by atoms with Gasteiger partial charge in [0.2, 0.25) is 0 Å². The van der Waals surface area contributed by atoms with Crippen molar-refractivity contribution in [3.05, 3.63) is 35.5 Å². The Labute approximate surface area is 125 Å². The highest BCUT2D eigenvalue weighted by molar-refractivity contribution is 6.14. The maximum atomic E-state index is 12.2. The molecule has 1 aromatic rings. The number of aliphatic imine (C=N–C) groups is 1. The second-order valence-corrected chi connectivity index (χ2v) is 5.46. The maximum absolute atomic E-state index is 12.2. The molecule has 0 bridgehead atoms. The molecular formula is C16H21N3O2.